The van der Waals surface area contributed by atoms with E-state index in [2.05, 4.69) is 5.32 Å². The highest BCUT2D eigenvalue weighted by Gasteiger charge is 2.37. The Morgan fingerprint density at radius 2 is 1.93 bits per heavy atom. The molecule has 1 aliphatic heterocycles. The number of likely N-dealkylation sites (tertiary alicyclic amines) is 1. The minimum absolute atomic E-state index is 0.00621. The molecule has 0 bridgehead atoms. The normalized spacial score (nSPS) is 21.0. The summed E-state index contributed by atoms with van der Waals surface area (Å²) < 4.78 is 39.2. The molecule has 27 heavy (non-hydrogen) atoms. The second kappa shape index (κ2) is 7.78. The first-order valence-corrected chi connectivity index (χ1v) is 9.23. The summed E-state index contributed by atoms with van der Waals surface area (Å²) in [5.41, 5.74) is -1.15. The number of urea groups is 1. The molecule has 1 aromatic rings. The third-order valence-corrected chi connectivity index (χ3v) is 5.36. The summed E-state index contributed by atoms with van der Waals surface area (Å²) in [6, 6.07) is 4.59. The summed E-state index contributed by atoms with van der Waals surface area (Å²) in [4.78, 5) is 27.9. The number of nitrogens with zero attached hydrogens (tertiary/aromatic N) is 2. The van der Waals surface area contributed by atoms with Crippen LogP contribution in [0.25, 0.3) is 0 Å². The zero-order valence-corrected chi connectivity index (χ0v) is 15.3. The van der Waals surface area contributed by atoms with Crippen LogP contribution in [0.1, 0.15) is 37.7 Å². The maximum Gasteiger partial charge on any atom is 0.418 e. The second-order valence-electron chi connectivity index (χ2n) is 7.41. The van der Waals surface area contributed by atoms with Crippen molar-refractivity contribution in [1.82, 2.24) is 9.80 Å². The van der Waals surface area contributed by atoms with Gasteiger partial charge in [-0.05, 0) is 25.0 Å². The van der Waals surface area contributed by atoms with Crippen molar-refractivity contribution in [2.45, 2.75) is 44.3 Å². The van der Waals surface area contributed by atoms with E-state index in [1.54, 1.807) is 0 Å². The predicted octanol–water partition coefficient (Wildman–Crippen LogP) is 3.96. The first-order valence-electron chi connectivity index (χ1n) is 9.23. The maximum absolute atomic E-state index is 13.1. The van der Waals surface area contributed by atoms with Gasteiger partial charge in [0.15, 0.2) is 0 Å². The Kier molecular flexibility index (Phi) is 5.62. The van der Waals surface area contributed by atoms with Gasteiger partial charge in [0.05, 0.1) is 11.3 Å². The number of alkyl halides is 3. The van der Waals surface area contributed by atoms with E-state index >= 15 is 0 Å². The number of benzene rings is 1. The van der Waals surface area contributed by atoms with E-state index in [0.29, 0.717) is 25.6 Å². The van der Waals surface area contributed by atoms with E-state index in [9.17, 15) is 22.8 Å². The fourth-order valence-electron chi connectivity index (χ4n) is 4.02. The second-order valence-corrected chi connectivity index (χ2v) is 7.41. The van der Waals surface area contributed by atoms with Crippen LogP contribution in [-0.4, -0.2) is 47.9 Å². The molecule has 148 valence electrons. The molecule has 1 atom stereocenters. The Morgan fingerprint density at radius 3 is 2.59 bits per heavy atom. The van der Waals surface area contributed by atoms with E-state index in [1.807, 2.05) is 4.90 Å². The molecule has 3 rings (SSSR count). The minimum Gasteiger partial charge on any atom is -0.339 e. The molecule has 5 nitrogen and oxygen atoms in total. The number of carbonyl (C=O) groups is 2. The number of amides is 3. The lowest BCUT2D eigenvalue weighted by molar-refractivity contribution is -0.137. The Bertz CT molecular complexity index is 702. The molecule has 1 saturated heterocycles. The number of rotatable bonds is 4. The van der Waals surface area contributed by atoms with Crippen molar-refractivity contribution >= 4 is 17.6 Å². The molecule has 1 aliphatic carbocycles. The highest BCUT2D eigenvalue weighted by Crippen LogP contribution is 2.35. The molecule has 3 amide bonds. The molecule has 1 heterocycles. The minimum atomic E-state index is -4.54. The molecule has 1 saturated carbocycles. The van der Waals surface area contributed by atoms with Gasteiger partial charge in [0.25, 0.3) is 0 Å². The van der Waals surface area contributed by atoms with Crippen LogP contribution in [-0.2, 0) is 11.0 Å². The number of nitrogens with one attached hydrogen (secondary N) is 1. The number of halogens is 3. The number of hydrogen-bond donors (Lipinski definition) is 1. The molecule has 2 aliphatic rings. The van der Waals surface area contributed by atoms with E-state index in [0.717, 1.165) is 31.7 Å². The number of para-hydroxylation sites is 1. The van der Waals surface area contributed by atoms with Gasteiger partial charge in [0.1, 0.15) is 0 Å². The van der Waals surface area contributed by atoms with Gasteiger partial charge in [0, 0.05) is 38.5 Å². The Hall–Kier alpha value is -2.25. The first kappa shape index (κ1) is 19.5. The molecule has 2 fully saturated rings. The monoisotopic (exact) mass is 383 g/mol. The predicted molar refractivity (Wildman–Crippen MR) is 95.2 cm³/mol. The molecular formula is C19H24F3N3O2. The average Bonchev–Trinajstić information content (AvgIpc) is 3.23. The van der Waals surface area contributed by atoms with Crippen molar-refractivity contribution in [3.63, 3.8) is 0 Å². The van der Waals surface area contributed by atoms with Crippen molar-refractivity contribution in [3.05, 3.63) is 29.8 Å². The molecule has 0 spiro atoms. The molecule has 1 aromatic carbocycles. The largest absolute Gasteiger partial charge is 0.418 e. The smallest absolute Gasteiger partial charge is 0.339 e. The van der Waals surface area contributed by atoms with Crippen molar-refractivity contribution in [1.29, 1.82) is 0 Å². The van der Waals surface area contributed by atoms with Crippen molar-refractivity contribution in [3.8, 4) is 0 Å². The SMILES string of the molecule is CN(C[C@@H]1CC(=O)N(C2CCCC2)C1)C(=O)Nc1ccccc1C(F)(F)F. The maximum atomic E-state index is 13.1. The van der Waals surface area contributed by atoms with Gasteiger partial charge in [-0.25, -0.2) is 4.79 Å². The number of hydrogen-bond acceptors (Lipinski definition) is 2. The quantitative estimate of drug-likeness (QED) is 0.856. The van der Waals surface area contributed by atoms with Crippen molar-refractivity contribution in [2.75, 3.05) is 25.5 Å². The molecule has 0 radical (unpaired) electrons. The lowest BCUT2D eigenvalue weighted by atomic mass is 10.1. The number of carbonyl (C=O) groups excluding carboxylic acids is 2. The standard InChI is InChI=1S/C19H24F3N3O2/c1-24(11-13-10-17(26)25(12-13)14-6-2-3-7-14)18(27)23-16-9-5-4-8-15(16)19(20,21)22/h4-5,8-9,13-14H,2-3,6-7,10-12H2,1H3,(H,23,27)/t13-/m0/s1. The van der Waals surface area contributed by atoms with Crippen LogP contribution >= 0.6 is 0 Å². The van der Waals surface area contributed by atoms with Gasteiger partial charge in [0.2, 0.25) is 5.91 Å². The Labute approximate surface area is 156 Å². The lowest BCUT2D eigenvalue weighted by Gasteiger charge is -2.25. The van der Waals surface area contributed by atoms with Crippen LogP contribution in [0.3, 0.4) is 0 Å². The van der Waals surface area contributed by atoms with Crippen LogP contribution < -0.4 is 5.32 Å². The van der Waals surface area contributed by atoms with Crippen molar-refractivity contribution < 1.29 is 22.8 Å². The molecule has 8 heteroatoms. The lowest BCUT2D eigenvalue weighted by Crippen LogP contribution is -2.38. The van der Waals surface area contributed by atoms with Crippen LogP contribution in [0.2, 0.25) is 0 Å². The van der Waals surface area contributed by atoms with Gasteiger partial charge < -0.3 is 15.1 Å². The third-order valence-electron chi connectivity index (χ3n) is 5.36. The molecule has 0 unspecified atom stereocenters. The summed E-state index contributed by atoms with van der Waals surface area (Å²) in [5, 5.41) is 2.34. The van der Waals surface area contributed by atoms with E-state index in [-0.39, 0.29) is 17.5 Å². The van der Waals surface area contributed by atoms with E-state index < -0.39 is 17.8 Å². The highest BCUT2D eigenvalue weighted by molar-refractivity contribution is 5.90. The van der Waals surface area contributed by atoms with Crippen LogP contribution in [0.5, 0.6) is 0 Å². The molecule has 0 aromatic heterocycles. The Morgan fingerprint density at radius 1 is 1.26 bits per heavy atom. The van der Waals surface area contributed by atoms with Gasteiger partial charge in [-0.15, -0.1) is 0 Å². The first-order chi connectivity index (χ1) is 12.8. The third kappa shape index (κ3) is 4.54. The summed E-state index contributed by atoms with van der Waals surface area (Å²) in [5.74, 6) is 0.120. The van der Waals surface area contributed by atoms with Crippen LogP contribution in [0.4, 0.5) is 23.7 Å². The van der Waals surface area contributed by atoms with Gasteiger partial charge in [-0.2, -0.15) is 13.2 Å². The molecule has 1 N–H and O–H groups in total. The van der Waals surface area contributed by atoms with Crippen LogP contribution in [0.15, 0.2) is 24.3 Å². The fraction of sp³-hybridized carbons (Fsp3) is 0.579. The van der Waals surface area contributed by atoms with Crippen molar-refractivity contribution in [2.24, 2.45) is 5.92 Å². The summed E-state index contributed by atoms with van der Waals surface area (Å²) >= 11 is 0. The molecular weight excluding hydrogens is 359 g/mol. The summed E-state index contributed by atoms with van der Waals surface area (Å²) in [7, 11) is 1.54. The fourth-order valence-corrected chi connectivity index (χ4v) is 4.02. The van der Waals surface area contributed by atoms with Crippen LogP contribution in [0, 0.1) is 5.92 Å². The average molecular weight is 383 g/mol. The van der Waals surface area contributed by atoms with Gasteiger partial charge in [-0.1, -0.05) is 25.0 Å². The van der Waals surface area contributed by atoms with E-state index in [1.165, 1.54) is 30.1 Å². The van der Waals surface area contributed by atoms with Gasteiger partial charge in [-0.3, -0.25) is 4.79 Å². The zero-order valence-electron chi connectivity index (χ0n) is 15.3. The topological polar surface area (TPSA) is 52.7 Å². The number of anilines is 1. The van der Waals surface area contributed by atoms with E-state index in [4.69, 9.17) is 0 Å². The highest BCUT2D eigenvalue weighted by atomic mass is 19.4. The summed E-state index contributed by atoms with van der Waals surface area (Å²) in [6.07, 6.45) is 0.182. The summed E-state index contributed by atoms with van der Waals surface area (Å²) in [6.45, 7) is 0.940. The van der Waals surface area contributed by atoms with Gasteiger partial charge >= 0.3 is 12.2 Å². The Balaban J connectivity index is 1.58. The zero-order chi connectivity index (χ0) is 19.6.